The molecule has 72 valence electrons. The second kappa shape index (κ2) is 3.42. The van der Waals surface area contributed by atoms with E-state index >= 15 is 0 Å². The van der Waals surface area contributed by atoms with Crippen molar-refractivity contribution in [3.05, 3.63) is 29.3 Å². The minimum Gasteiger partial charge on any atom is -0.390 e. The molecular weight excluding hydrogens is 194 g/mol. The topological polar surface area (TPSA) is 43.1 Å². The van der Waals surface area contributed by atoms with Crippen LogP contribution in [-0.4, -0.2) is 6.29 Å². The maximum Gasteiger partial charge on any atom is 0.153 e. The normalized spacial score (nSPS) is 10.6. The van der Waals surface area contributed by atoms with Crippen LogP contribution in [-0.2, 0) is 6.42 Å². The maximum atomic E-state index is 10.8. The highest BCUT2D eigenvalue weighted by molar-refractivity contribution is 7.23. The van der Waals surface area contributed by atoms with Crippen molar-refractivity contribution in [3.63, 3.8) is 0 Å². The van der Waals surface area contributed by atoms with Crippen molar-refractivity contribution in [3.8, 4) is 0 Å². The van der Waals surface area contributed by atoms with Gasteiger partial charge in [-0.1, -0.05) is 19.1 Å². The predicted molar refractivity (Wildman–Crippen MR) is 61.0 cm³/mol. The van der Waals surface area contributed by atoms with Gasteiger partial charge >= 0.3 is 0 Å². The van der Waals surface area contributed by atoms with Gasteiger partial charge in [0.1, 0.15) is 0 Å². The molecular formula is C11H11NOS. The second-order valence-corrected chi connectivity index (χ2v) is 4.27. The van der Waals surface area contributed by atoms with Gasteiger partial charge in [-0.05, 0) is 18.1 Å². The van der Waals surface area contributed by atoms with Crippen LogP contribution >= 0.6 is 11.3 Å². The molecule has 0 bridgehead atoms. The molecule has 14 heavy (non-hydrogen) atoms. The van der Waals surface area contributed by atoms with Gasteiger partial charge < -0.3 is 5.73 Å². The molecule has 1 aromatic heterocycles. The average molecular weight is 205 g/mol. The Labute approximate surface area is 86.3 Å². The maximum absolute atomic E-state index is 10.8. The van der Waals surface area contributed by atoms with E-state index in [9.17, 15) is 4.79 Å². The van der Waals surface area contributed by atoms with Crippen LogP contribution in [0.2, 0.25) is 0 Å². The fourth-order valence-corrected chi connectivity index (χ4v) is 2.52. The Hall–Kier alpha value is -1.35. The predicted octanol–water partition coefficient (Wildman–Crippen LogP) is 2.86. The van der Waals surface area contributed by atoms with Crippen molar-refractivity contribution in [1.82, 2.24) is 0 Å². The smallest absolute Gasteiger partial charge is 0.153 e. The zero-order valence-corrected chi connectivity index (χ0v) is 8.73. The summed E-state index contributed by atoms with van der Waals surface area (Å²) in [5.74, 6) is 0. The number of nitrogen functional groups attached to an aromatic ring is 1. The van der Waals surface area contributed by atoms with E-state index in [0.29, 0.717) is 10.6 Å². The zero-order chi connectivity index (χ0) is 10.1. The van der Waals surface area contributed by atoms with Crippen LogP contribution in [0.3, 0.4) is 0 Å². The molecule has 2 aromatic rings. The van der Waals surface area contributed by atoms with Gasteiger partial charge in [0, 0.05) is 10.1 Å². The summed E-state index contributed by atoms with van der Waals surface area (Å²) in [4.78, 5) is 10.8. The molecule has 2 nitrogen and oxygen atoms in total. The lowest BCUT2D eigenvalue weighted by Gasteiger charge is -1.95. The summed E-state index contributed by atoms with van der Waals surface area (Å²) in [5.41, 5.74) is 7.65. The number of aldehydes is 1. The number of hydrogen-bond acceptors (Lipinski definition) is 3. The SMILES string of the molecule is CCc1ccc2c(C=O)c(N)sc2c1. The third-order valence-electron chi connectivity index (χ3n) is 2.35. The quantitative estimate of drug-likeness (QED) is 0.766. The van der Waals surface area contributed by atoms with E-state index in [1.165, 1.54) is 16.9 Å². The van der Waals surface area contributed by atoms with Crippen molar-refractivity contribution >= 4 is 32.7 Å². The van der Waals surface area contributed by atoms with Crippen LogP contribution in [0.4, 0.5) is 5.00 Å². The average Bonchev–Trinajstić information content (AvgIpc) is 2.51. The van der Waals surface area contributed by atoms with Crippen LogP contribution in [0.1, 0.15) is 22.8 Å². The summed E-state index contributed by atoms with van der Waals surface area (Å²) < 4.78 is 1.10. The molecule has 0 amide bonds. The highest BCUT2D eigenvalue weighted by atomic mass is 32.1. The molecule has 1 heterocycles. The lowest BCUT2D eigenvalue weighted by Crippen LogP contribution is -1.85. The van der Waals surface area contributed by atoms with E-state index in [1.54, 1.807) is 0 Å². The Balaban J connectivity index is 2.74. The van der Waals surface area contributed by atoms with Crippen molar-refractivity contribution in [2.24, 2.45) is 0 Å². The number of aryl methyl sites for hydroxylation is 1. The molecule has 2 N–H and O–H groups in total. The molecule has 0 fully saturated rings. The molecule has 0 radical (unpaired) electrons. The van der Waals surface area contributed by atoms with Crippen molar-refractivity contribution in [2.45, 2.75) is 13.3 Å². The van der Waals surface area contributed by atoms with Crippen molar-refractivity contribution in [1.29, 1.82) is 0 Å². The standard InChI is InChI=1S/C11H11NOS/c1-2-7-3-4-8-9(6-13)11(12)14-10(8)5-7/h3-6H,2,12H2,1H3. The van der Waals surface area contributed by atoms with Gasteiger partial charge in [-0.25, -0.2) is 0 Å². The van der Waals surface area contributed by atoms with Gasteiger partial charge in [-0.3, -0.25) is 4.79 Å². The third kappa shape index (κ3) is 1.30. The zero-order valence-electron chi connectivity index (χ0n) is 7.91. The van der Waals surface area contributed by atoms with Crippen LogP contribution in [0, 0.1) is 0 Å². The van der Waals surface area contributed by atoms with Gasteiger partial charge in [-0.2, -0.15) is 0 Å². The van der Waals surface area contributed by atoms with E-state index in [4.69, 9.17) is 5.73 Å². The first kappa shape index (κ1) is 9.21. The monoisotopic (exact) mass is 205 g/mol. The minimum absolute atomic E-state index is 0.614. The largest absolute Gasteiger partial charge is 0.390 e. The number of benzene rings is 1. The van der Waals surface area contributed by atoms with Crippen molar-refractivity contribution in [2.75, 3.05) is 5.73 Å². The summed E-state index contributed by atoms with van der Waals surface area (Å²) in [6.07, 6.45) is 1.84. The van der Waals surface area contributed by atoms with E-state index in [1.807, 2.05) is 12.1 Å². The molecule has 0 saturated heterocycles. The van der Waals surface area contributed by atoms with Gasteiger partial charge in [-0.15, -0.1) is 11.3 Å². The summed E-state index contributed by atoms with van der Waals surface area (Å²) in [7, 11) is 0. The number of thiophene rings is 1. The molecule has 0 aliphatic rings. The van der Waals surface area contributed by atoms with E-state index in [2.05, 4.69) is 13.0 Å². The summed E-state index contributed by atoms with van der Waals surface area (Å²) in [6, 6.07) is 6.12. The van der Waals surface area contributed by atoms with Gasteiger partial charge in [0.25, 0.3) is 0 Å². The molecule has 1 aromatic carbocycles. The number of carbonyl (C=O) groups is 1. The molecule has 3 heteroatoms. The first-order valence-electron chi connectivity index (χ1n) is 4.52. The molecule has 2 rings (SSSR count). The number of nitrogens with two attached hydrogens (primary N) is 1. The fraction of sp³-hybridized carbons (Fsp3) is 0.182. The van der Waals surface area contributed by atoms with Crippen LogP contribution in [0.25, 0.3) is 10.1 Å². The van der Waals surface area contributed by atoms with Crippen LogP contribution < -0.4 is 5.73 Å². The summed E-state index contributed by atoms with van der Waals surface area (Å²) >= 11 is 1.48. The van der Waals surface area contributed by atoms with Gasteiger partial charge in [0.15, 0.2) is 6.29 Å². The molecule has 0 aliphatic carbocycles. The first-order valence-corrected chi connectivity index (χ1v) is 5.34. The Morgan fingerprint density at radius 1 is 1.50 bits per heavy atom. The van der Waals surface area contributed by atoms with Crippen LogP contribution in [0.15, 0.2) is 18.2 Å². The Bertz CT molecular complexity index is 487. The number of fused-ring (bicyclic) bond motifs is 1. The lowest BCUT2D eigenvalue weighted by molar-refractivity contribution is 0.112. The number of carbonyl (C=O) groups excluding carboxylic acids is 1. The Morgan fingerprint density at radius 2 is 2.29 bits per heavy atom. The Morgan fingerprint density at radius 3 is 2.93 bits per heavy atom. The van der Waals surface area contributed by atoms with E-state index in [0.717, 1.165) is 22.8 Å². The molecule has 0 unspecified atom stereocenters. The summed E-state index contributed by atoms with van der Waals surface area (Å²) in [5, 5.41) is 1.59. The summed E-state index contributed by atoms with van der Waals surface area (Å²) in [6.45, 7) is 2.11. The number of hydrogen-bond donors (Lipinski definition) is 1. The molecule has 0 aliphatic heterocycles. The molecule has 0 saturated carbocycles. The van der Waals surface area contributed by atoms with Gasteiger partial charge in [0.2, 0.25) is 0 Å². The van der Waals surface area contributed by atoms with E-state index < -0.39 is 0 Å². The fourth-order valence-electron chi connectivity index (χ4n) is 1.52. The molecule has 0 atom stereocenters. The Kier molecular flexibility index (Phi) is 2.25. The van der Waals surface area contributed by atoms with Crippen molar-refractivity contribution < 1.29 is 4.79 Å². The van der Waals surface area contributed by atoms with Gasteiger partial charge in [0.05, 0.1) is 10.6 Å². The molecule has 0 spiro atoms. The number of anilines is 1. The first-order chi connectivity index (χ1) is 6.76. The second-order valence-electron chi connectivity index (χ2n) is 3.18. The van der Waals surface area contributed by atoms with Crippen LogP contribution in [0.5, 0.6) is 0 Å². The third-order valence-corrected chi connectivity index (χ3v) is 3.35. The van der Waals surface area contributed by atoms with E-state index in [-0.39, 0.29) is 0 Å². The highest BCUT2D eigenvalue weighted by Gasteiger charge is 2.08. The lowest BCUT2D eigenvalue weighted by atomic mass is 10.1. The minimum atomic E-state index is 0.614. The number of rotatable bonds is 2. The highest BCUT2D eigenvalue weighted by Crippen LogP contribution is 2.32.